The van der Waals surface area contributed by atoms with Crippen molar-refractivity contribution < 1.29 is 31.5 Å². The van der Waals surface area contributed by atoms with Crippen molar-refractivity contribution in [2.45, 2.75) is 83.6 Å². The van der Waals surface area contributed by atoms with Crippen LogP contribution >= 0.6 is 0 Å². The van der Waals surface area contributed by atoms with Gasteiger partial charge < -0.3 is 15.6 Å². The number of aryl methyl sites for hydroxylation is 1. The molecule has 14 heteroatoms. The van der Waals surface area contributed by atoms with Crippen LogP contribution < -0.4 is 10.6 Å². The van der Waals surface area contributed by atoms with Crippen LogP contribution in [0.4, 0.5) is 22.0 Å². The molecular formula is C24H30F5N7O2. The number of imidazole rings is 1. The van der Waals surface area contributed by atoms with E-state index < -0.39 is 30.8 Å². The predicted molar refractivity (Wildman–Crippen MR) is 128 cm³/mol. The van der Waals surface area contributed by atoms with Gasteiger partial charge in [-0.15, -0.1) is 5.10 Å². The van der Waals surface area contributed by atoms with Crippen LogP contribution in [0.3, 0.4) is 0 Å². The molecule has 3 N–H and O–H groups in total. The minimum atomic E-state index is -4.36. The monoisotopic (exact) mass is 543 g/mol. The highest BCUT2D eigenvalue weighted by molar-refractivity contribution is 5.91. The smallest absolute Gasteiger partial charge is 0.352 e. The van der Waals surface area contributed by atoms with E-state index in [1.807, 2.05) is 6.92 Å². The van der Waals surface area contributed by atoms with Crippen LogP contribution in [0.5, 0.6) is 0 Å². The van der Waals surface area contributed by atoms with Crippen LogP contribution in [0.15, 0.2) is 24.4 Å². The number of carbonyl (C=O) groups is 2. The SMILES string of the molecule is CCn1ncc(C(=O)NCc2nc3ccc(CNC(=O)CCC(F)(F)F)cc3[nH]2)n1.FC1(F)CCCCC1. The van der Waals surface area contributed by atoms with Gasteiger partial charge in [0.05, 0.1) is 36.7 Å². The molecule has 2 amide bonds. The van der Waals surface area contributed by atoms with E-state index in [2.05, 4.69) is 30.8 Å². The average Bonchev–Trinajstić information content (AvgIpc) is 3.51. The van der Waals surface area contributed by atoms with Gasteiger partial charge in [-0.2, -0.15) is 23.1 Å². The Kier molecular flexibility index (Phi) is 9.75. The highest BCUT2D eigenvalue weighted by atomic mass is 19.4. The number of hydrogen-bond donors (Lipinski definition) is 3. The van der Waals surface area contributed by atoms with Gasteiger partial charge in [-0.05, 0) is 37.5 Å². The van der Waals surface area contributed by atoms with Crippen molar-refractivity contribution in [1.29, 1.82) is 0 Å². The second-order valence-electron chi connectivity index (χ2n) is 8.94. The molecule has 1 aliphatic rings. The molecule has 38 heavy (non-hydrogen) atoms. The van der Waals surface area contributed by atoms with Crippen LogP contribution in [0.25, 0.3) is 11.0 Å². The third kappa shape index (κ3) is 9.38. The molecule has 0 saturated heterocycles. The number of halogens is 5. The Hall–Kier alpha value is -3.58. The zero-order valence-electron chi connectivity index (χ0n) is 20.9. The fourth-order valence-electron chi connectivity index (χ4n) is 3.72. The summed E-state index contributed by atoms with van der Waals surface area (Å²) in [5.74, 6) is -2.84. The molecule has 208 valence electrons. The van der Waals surface area contributed by atoms with Gasteiger partial charge in [-0.1, -0.05) is 12.5 Å². The third-order valence-electron chi connectivity index (χ3n) is 5.77. The first-order chi connectivity index (χ1) is 17.9. The zero-order chi connectivity index (χ0) is 27.8. The highest BCUT2D eigenvalue weighted by Gasteiger charge is 2.30. The molecule has 2 heterocycles. The Labute approximate surface area is 215 Å². The number of benzene rings is 1. The number of nitrogens with one attached hydrogen (secondary N) is 3. The lowest BCUT2D eigenvalue weighted by Crippen LogP contribution is -2.24. The predicted octanol–water partition coefficient (Wildman–Crippen LogP) is 4.65. The van der Waals surface area contributed by atoms with Crippen molar-refractivity contribution in [3.05, 3.63) is 41.5 Å². The maximum absolute atomic E-state index is 12.2. The van der Waals surface area contributed by atoms with Crippen molar-refractivity contribution in [2.75, 3.05) is 0 Å². The van der Waals surface area contributed by atoms with Crippen LogP contribution in [0.1, 0.15) is 73.7 Å². The number of H-pyrrole nitrogens is 1. The van der Waals surface area contributed by atoms with Gasteiger partial charge >= 0.3 is 6.18 Å². The Morgan fingerprint density at radius 3 is 2.45 bits per heavy atom. The summed E-state index contributed by atoms with van der Waals surface area (Å²) in [5.41, 5.74) is 2.25. The summed E-state index contributed by atoms with van der Waals surface area (Å²) in [5, 5.41) is 13.1. The van der Waals surface area contributed by atoms with Crippen molar-refractivity contribution >= 4 is 22.8 Å². The first kappa shape index (κ1) is 29.0. The molecule has 3 aromatic rings. The fourth-order valence-corrected chi connectivity index (χ4v) is 3.72. The quantitative estimate of drug-likeness (QED) is 0.358. The van der Waals surface area contributed by atoms with Crippen LogP contribution in [0.2, 0.25) is 0 Å². The van der Waals surface area contributed by atoms with Crippen molar-refractivity contribution in [1.82, 2.24) is 35.6 Å². The number of fused-ring (bicyclic) bond motifs is 1. The molecule has 0 atom stereocenters. The van der Waals surface area contributed by atoms with Crippen molar-refractivity contribution in [3.8, 4) is 0 Å². The first-order valence-corrected chi connectivity index (χ1v) is 12.3. The van der Waals surface area contributed by atoms with E-state index in [-0.39, 0.29) is 37.5 Å². The summed E-state index contributed by atoms with van der Waals surface area (Å²) in [6, 6.07) is 5.18. The van der Waals surface area contributed by atoms with Crippen LogP contribution in [0, 0.1) is 0 Å². The number of aromatic amines is 1. The second kappa shape index (κ2) is 12.8. The number of amides is 2. The van der Waals surface area contributed by atoms with Crippen LogP contribution in [-0.4, -0.2) is 48.9 Å². The fraction of sp³-hybridized carbons (Fsp3) is 0.542. The molecule has 9 nitrogen and oxygen atoms in total. The summed E-state index contributed by atoms with van der Waals surface area (Å²) in [6.07, 6.45) is -2.07. The van der Waals surface area contributed by atoms with E-state index in [1.165, 1.54) is 11.0 Å². The van der Waals surface area contributed by atoms with E-state index in [9.17, 15) is 31.5 Å². The maximum Gasteiger partial charge on any atom is 0.389 e. The number of carbonyl (C=O) groups excluding carboxylic acids is 2. The summed E-state index contributed by atoms with van der Waals surface area (Å²) >= 11 is 0. The maximum atomic E-state index is 12.2. The number of alkyl halides is 5. The number of aromatic nitrogens is 5. The van der Waals surface area contributed by atoms with E-state index >= 15 is 0 Å². The molecular weight excluding hydrogens is 513 g/mol. The van der Waals surface area contributed by atoms with Crippen molar-refractivity contribution in [3.63, 3.8) is 0 Å². The van der Waals surface area contributed by atoms with Gasteiger partial charge in [0.15, 0.2) is 5.69 Å². The summed E-state index contributed by atoms with van der Waals surface area (Å²) in [6.45, 7) is 2.67. The number of hydrogen-bond acceptors (Lipinski definition) is 5. The molecule has 4 rings (SSSR count). The normalized spacial score (nSPS) is 15.0. The Bertz CT molecular complexity index is 1210. The molecule has 1 aliphatic carbocycles. The molecule has 2 aromatic heterocycles. The topological polar surface area (TPSA) is 118 Å². The van der Waals surface area contributed by atoms with Gasteiger partial charge in [0.25, 0.3) is 5.91 Å². The molecule has 0 spiro atoms. The third-order valence-corrected chi connectivity index (χ3v) is 5.77. The van der Waals surface area contributed by atoms with Gasteiger partial charge in [0.2, 0.25) is 11.8 Å². The number of rotatable bonds is 8. The largest absolute Gasteiger partial charge is 0.389 e. The molecule has 1 aromatic carbocycles. The standard InChI is InChI=1S/C18H20F3N7O2.C6H10F2/c1-2-28-24-9-14(27-28)17(30)23-10-15-25-12-4-3-11(7-13(12)26-15)8-22-16(29)5-6-18(19,20)21;7-6(8)4-2-1-3-5-6/h3-4,7,9H,2,5-6,8,10H2,1H3,(H,22,29)(H,23,30)(H,25,26);1-5H2. The zero-order valence-corrected chi connectivity index (χ0v) is 20.9. The number of nitrogens with zero attached hydrogens (tertiary/aromatic N) is 4. The van der Waals surface area contributed by atoms with Gasteiger partial charge in [0.1, 0.15) is 5.82 Å². The summed E-state index contributed by atoms with van der Waals surface area (Å²) < 4.78 is 60.9. The van der Waals surface area contributed by atoms with Gasteiger partial charge in [-0.3, -0.25) is 9.59 Å². The Morgan fingerprint density at radius 1 is 1.11 bits per heavy atom. The average molecular weight is 544 g/mol. The van der Waals surface area contributed by atoms with Gasteiger partial charge in [-0.25, -0.2) is 13.8 Å². The lowest BCUT2D eigenvalue weighted by molar-refractivity contribution is -0.144. The van der Waals surface area contributed by atoms with Crippen molar-refractivity contribution in [2.24, 2.45) is 0 Å². The molecule has 0 radical (unpaired) electrons. The van der Waals surface area contributed by atoms with Gasteiger partial charge in [0, 0.05) is 25.8 Å². The summed E-state index contributed by atoms with van der Waals surface area (Å²) in [4.78, 5) is 32.5. The Morgan fingerprint density at radius 2 is 1.84 bits per heavy atom. The lowest BCUT2D eigenvalue weighted by atomic mass is 9.97. The van der Waals surface area contributed by atoms with E-state index in [1.54, 1.807) is 18.2 Å². The lowest BCUT2D eigenvalue weighted by Gasteiger charge is -2.20. The highest BCUT2D eigenvalue weighted by Crippen LogP contribution is 2.32. The minimum Gasteiger partial charge on any atom is -0.352 e. The molecule has 0 aliphatic heterocycles. The minimum absolute atomic E-state index is 0.102. The summed E-state index contributed by atoms with van der Waals surface area (Å²) in [7, 11) is 0. The molecule has 0 unspecified atom stereocenters. The molecule has 1 saturated carbocycles. The first-order valence-electron chi connectivity index (χ1n) is 12.3. The Balaban J connectivity index is 0.000000427. The molecule has 1 fully saturated rings. The molecule has 0 bridgehead atoms. The second-order valence-corrected chi connectivity index (χ2v) is 8.94. The van der Waals surface area contributed by atoms with E-state index in [4.69, 9.17) is 0 Å². The van der Waals surface area contributed by atoms with E-state index in [0.29, 0.717) is 41.8 Å². The van der Waals surface area contributed by atoms with Crippen LogP contribution in [-0.2, 0) is 24.4 Å². The van der Waals surface area contributed by atoms with E-state index in [0.717, 1.165) is 6.42 Å².